The van der Waals surface area contributed by atoms with Crippen LogP contribution in [0.5, 0.6) is 0 Å². The Bertz CT molecular complexity index is 521. The van der Waals surface area contributed by atoms with E-state index in [1.807, 2.05) is 0 Å². The van der Waals surface area contributed by atoms with E-state index in [2.05, 4.69) is 11.2 Å². The van der Waals surface area contributed by atoms with Crippen molar-refractivity contribution in [3.63, 3.8) is 0 Å². The van der Waals surface area contributed by atoms with Gasteiger partial charge in [0.1, 0.15) is 6.20 Å². The molecule has 1 aromatic rings. The Kier molecular flexibility index (Phi) is 2.74. The smallest absolute Gasteiger partial charge is 0.363 e. The fraction of sp³-hybridized carbons (Fsp3) is 0.500. The van der Waals surface area contributed by atoms with E-state index in [9.17, 15) is 14.9 Å². The molecule has 94 valence electrons. The maximum atomic E-state index is 10.8. The molecule has 1 fully saturated rings. The molecule has 0 aromatic carbocycles. The SMILES string of the molecule is N#CCC1(Cn2cc([N+](=O)[O-])c(C(=O)O)n2)CC1. The maximum absolute atomic E-state index is 10.8. The summed E-state index contributed by atoms with van der Waals surface area (Å²) in [6, 6.07) is 2.07. The highest BCUT2D eigenvalue weighted by molar-refractivity contribution is 5.89. The van der Waals surface area contributed by atoms with E-state index in [4.69, 9.17) is 10.4 Å². The minimum atomic E-state index is -1.43. The maximum Gasteiger partial charge on any atom is 0.363 e. The van der Waals surface area contributed by atoms with Crippen molar-refractivity contribution in [2.45, 2.75) is 25.8 Å². The summed E-state index contributed by atoms with van der Waals surface area (Å²) < 4.78 is 1.26. The first-order valence-electron chi connectivity index (χ1n) is 5.29. The summed E-state index contributed by atoms with van der Waals surface area (Å²) in [5, 5.41) is 31.9. The van der Waals surface area contributed by atoms with Gasteiger partial charge in [0.15, 0.2) is 0 Å². The summed E-state index contributed by atoms with van der Waals surface area (Å²) in [5.41, 5.74) is -1.27. The highest BCUT2D eigenvalue weighted by Gasteiger charge is 2.43. The van der Waals surface area contributed by atoms with E-state index in [-0.39, 0.29) is 5.41 Å². The summed E-state index contributed by atoms with van der Waals surface area (Å²) in [6.45, 7) is 0.342. The third kappa shape index (κ3) is 2.15. The average Bonchev–Trinajstić information content (AvgIpc) is 2.89. The summed E-state index contributed by atoms with van der Waals surface area (Å²) in [7, 11) is 0. The molecule has 8 heteroatoms. The molecule has 0 amide bonds. The van der Waals surface area contributed by atoms with Gasteiger partial charge in [-0.15, -0.1) is 0 Å². The number of nitriles is 1. The number of carbonyl (C=O) groups is 1. The highest BCUT2D eigenvalue weighted by atomic mass is 16.6. The van der Waals surface area contributed by atoms with Crippen molar-refractivity contribution >= 4 is 11.7 Å². The number of hydrogen-bond acceptors (Lipinski definition) is 5. The molecule has 1 saturated carbocycles. The first kappa shape index (κ1) is 12.0. The van der Waals surface area contributed by atoms with Crippen LogP contribution in [0.3, 0.4) is 0 Å². The number of carboxylic acid groups (broad SMARTS) is 1. The number of nitro groups is 1. The lowest BCUT2D eigenvalue weighted by atomic mass is 10.0. The first-order chi connectivity index (χ1) is 8.47. The molecule has 8 nitrogen and oxygen atoms in total. The molecule has 0 unspecified atom stereocenters. The zero-order valence-corrected chi connectivity index (χ0v) is 9.37. The van der Waals surface area contributed by atoms with Crippen molar-refractivity contribution in [2.75, 3.05) is 0 Å². The quantitative estimate of drug-likeness (QED) is 0.618. The van der Waals surface area contributed by atoms with Crippen molar-refractivity contribution in [3.8, 4) is 6.07 Å². The standard InChI is InChI=1S/C10H10N4O4/c11-4-3-10(1-2-10)6-13-5-7(14(17)18)8(12-13)9(15)16/h5H,1-3,6H2,(H,15,16). The van der Waals surface area contributed by atoms with E-state index >= 15 is 0 Å². The molecule has 1 N–H and O–H groups in total. The van der Waals surface area contributed by atoms with Gasteiger partial charge in [0, 0.05) is 18.4 Å². The van der Waals surface area contributed by atoms with Gasteiger partial charge in [0.25, 0.3) is 0 Å². The molecule has 0 spiro atoms. The van der Waals surface area contributed by atoms with E-state index in [1.165, 1.54) is 4.68 Å². The zero-order valence-electron chi connectivity index (χ0n) is 9.37. The molecule has 18 heavy (non-hydrogen) atoms. The predicted molar refractivity (Wildman–Crippen MR) is 57.7 cm³/mol. The fourth-order valence-corrected chi connectivity index (χ4v) is 1.86. The van der Waals surface area contributed by atoms with Crippen LogP contribution in [-0.2, 0) is 6.54 Å². The Balaban J connectivity index is 2.25. The predicted octanol–water partition coefficient (Wildman–Crippen LogP) is 1.18. The molecule has 1 heterocycles. The number of hydrogen-bond donors (Lipinski definition) is 1. The number of carboxylic acids is 1. The molecule has 0 aliphatic heterocycles. The number of nitrogens with zero attached hydrogens (tertiary/aromatic N) is 4. The van der Waals surface area contributed by atoms with Gasteiger partial charge in [-0.05, 0) is 12.8 Å². The molecule has 0 bridgehead atoms. The third-order valence-electron chi connectivity index (χ3n) is 3.05. The van der Waals surface area contributed by atoms with E-state index < -0.39 is 22.3 Å². The molecule has 1 aliphatic carbocycles. The van der Waals surface area contributed by atoms with Gasteiger partial charge >= 0.3 is 11.7 Å². The third-order valence-corrected chi connectivity index (χ3v) is 3.05. The van der Waals surface area contributed by atoms with E-state index in [1.54, 1.807) is 0 Å². The summed E-state index contributed by atoms with van der Waals surface area (Å²) in [5.74, 6) is -1.43. The average molecular weight is 250 g/mol. The van der Waals surface area contributed by atoms with Crippen LogP contribution in [0.25, 0.3) is 0 Å². The Labute approximate surface area is 102 Å². The zero-order chi connectivity index (χ0) is 13.3. The van der Waals surface area contributed by atoms with Crippen molar-refractivity contribution in [2.24, 2.45) is 5.41 Å². The molecular formula is C10H10N4O4. The van der Waals surface area contributed by atoms with Gasteiger partial charge < -0.3 is 5.11 Å². The summed E-state index contributed by atoms with van der Waals surface area (Å²) in [6.07, 6.45) is 3.18. The Morgan fingerprint density at radius 3 is 2.78 bits per heavy atom. The lowest BCUT2D eigenvalue weighted by molar-refractivity contribution is -0.385. The van der Waals surface area contributed by atoms with Crippen LogP contribution < -0.4 is 0 Å². The Morgan fingerprint density at radius 1 is 1.72 bits per heavy atom. The van der Waals surface area contributed by atoms with Crippen molar-refractivity contribution in [1.82, 2.24) is 9.78 Å². The molecule has 0 saturated heterocycles. The lowest BCUT2D eigenvalue weighted by Gasteiger charge is -2.09. The van der Waals surface area contributed by atoms with Crippen LogP contribution in [0.15, 0.2) is 6.20 Å². The summed E-state index contributed by atoms with van der Waals surface area (Å²) >= 11 is 0. The van der Waals surface area contributed by atoms with Gasteiger partial charge in [-0.25, -0.2) is 4.79 Å². The Hall–Kier alpha value is -2.43. The van der Waals surface area contributed by atoms with E-state index in [0.29, 0.717) is 13.0 Å². The molecule has 0 atom stereocenters. The second-order valence-electron chi connectivity index (χ2n) is 4.46. The minimum Gasteiger partial charge on any atom is -0.476 e. The molecule has 2 rings (SSSR count). The van der Waals surface area contributed by atoms with Crippen LogP contribution in [0.2, 0.25) is 0 Å². The van der Waals surface area contributed by atoms with Gasteiger partial charge in [0.05, 0.1) is 11.0 Å². The topological polar surface area (TPSA) is 122 Å². The van der Waals surface area contributed by atoms with Crippen LogP contribution in [0.1, 0.15) is 29.8 Å². The van der Waals surface area contributed by atoms with Crippen molar-refractivity contribution in [1.29, 1.82) is 5.26 Å². The van der Waals surface area contributed by atoms with Crippen LogP contribution in [0, 0.1) is 26.9 Å². The lowest BCUT2D eigenvalue weighted by Crippen LogP contribution is -2.12. The second-order valence-corrected chi connectivity index (χ2v) is 4.46. The second kappa shape index (κ2) is 4.10. The molecule has 1 aliphatic rings. The minimum absolute atomic E-state index is 0.190. The number of aromatic carboxylic acids is 1. The van der Waals surface area contributed by atoms with Gasteiger partial charge in [-0.2, -0.15) is 10.4 Å². The highest BCUT2D eigenvalue weighted by Crippen LogP contribution is 2.49. The van der Waals surface area contributed by atoms with Crippen LogP contribution >= 0.6 is 0 Å². The number of aromatic nitrogens is 2. The Morgan fingerprint density at radius 2 is 2.39 bits per heavy atom. The number of rotatable bonds is 5. The van der Waals surface area contributed by atoms with Gasteiger partial charge in [-0.3, -0.25) is 14.8 Å². The fourth-order valence-electron chi connectivity index (χ4n) is 1.86. The molecule has 1 aromatic heterocycles. The molecular weight excluding hydrogens is 240 g/mol. The van der Waals surface area contributed by atoms with Crippen molar-refractivity contribution in [3.05, 3.63) is 22.0 Å². The normalized spacial score (nSPS) is 15.9. The monoisotopic (exact) mass is 250 g/mol. The first-order valence-corrected chi connectivity index (χ1v) is 5.29. The van der Waals surface area contributed by atoms with Crippen molar-refractivity contribution < 1.29 is 14.8 Å². The summed E-state index contributed by atoms with van der Waals surface area (Å²) in [4.78, 5) is 20.7. The van der Waals surface area contributed by atoms with Gasteiger partial charge in [0.2, 0.25) is 5.69 Å². The van der Waals surface area contributed by atoms with Gasteiger partial charge in [-0.1, -0.05) is 0 Å². The largest absolute Gasteiger partial charge is 0.476 e. The van der Waals surface area contributed by atoms with Crippen LogP contribution in [0.4, 0.5) is 5.69 Å². The van der Waals surface area contributed by atoms with Crippen LogP contribution in [-0.4, -0.2) is 25.8 Å². The van der Waals surface area contributed by atoms with E-state index in [0.717, 1.165) is 19.0 Å². The molecule has 0 radical (unpaired) electrons.